The molecule has 0 atom stereocenters. The van der Waals surface area contributed by atoms with Crippen molar-refractivity contribution in [2.45, 2.75) is 11.5 Å². The third-order valence-corrected chi connectivity index (χ3v) is 4.24. The van der Waals surface area contributed by atoms with Gasteiger partial charge in [0.25, 0.3) is 0 Å². The van der Waals surface area contributed by atoms with Crippen LogP contribution in [0.5, 0.6) is 5.75 Å². The zero-order valence-electron chi connectivity index (χ0n) is 13.2. The topological polar surface area (TPSA) is 84.5 Å². The summed E-state index contributed by atoms with van der Waals surface area (Å²) in [5.74, 6) is -0.498. The molecule has 6 nitrogen and oxygen atoms in total. The van der Waals surface area contributed by atoms with Crippen LogP contribution < -0.4 is 15.4 Å². The van der Waals surface area contributed by atoms with E-state index in [1.54, 1.807) is 6.07 Å². The van der Waals surface area contributed by atoms with E-state index in [0.29, 0.717) is 5.69 Å². The lowest BCUT2D eigenvalue weighted by molar-refractivity contribution is -0.114. The van der Waals surface area contributed by atoms with Crippen molar-refractivity contribution in [2.24, 2.45) is 0 Å². The van der Waals surface area contributed by atoms with Crippen LogP contribution in [0.2, 0.25) is 0 Å². The molecular weight excluding hydrogens is 354 g/mol. The standard InChI is InChI=1S/C16H16F2N2O4S/c1-25(22,23)12-8-6-11(7-9-12)20-15(21)10-19-13-4-2-3-5-14(13)24-16(17)18/h2-9,16,19H,10H2,1H3,(H,20,21). The maximum absolute atomic E-state index is 12.3. The number of halogens is 2. The maximum atomic E-state index is 12.3. The third-order valence-electron chi connectivity index (χ3n) is 3.11. The average molecular weight is 370 g/mol. The number of sulfone groups is 1. The zero-order valence-corrected chi connectivity index (χ0v) is 14.0. The summed E-state index contributed by atoms with van der Waals surface area (Å²) in [4.78, 5) is 12.1. The second kappa shape index (κ2) is 7.93. The summed E-state index contributed by atoms with van der Waals surface area (Å²) in [5.41, 5.74) is 0.668. The van der Waals surface area contributed by atoms with Crippen molar-refractivity contribution in [1.29, 1.82) is 0 Å². The van der Waals surface area contributed by atoms with Crippen molar-refractivity contribution in [3.63, 3.8) is 0 Å². The Bertz CT molecular complexity index is 839. The number of ether oxygens (including phenoxy) is 1. The molecule has 0 saturated heterocycles. The third kappa shape index (κ3) is 5.71. The summed E-state index contributed by atoms with van der Waals surface area (Å²) < 4.78 is 51.8. The van der Waals surface area contributed by atoms with Gasteiger partial charge in [-0.1, -0.05) is 12.1 Å². The number of nitrogens with one attached hydrogen (secondary N) is 2. The lowest BCUT2D eigenvalue weighted by atomic mass is 10.3. The molecule has 2 N–H and O–H groups in total. The molecule has 2 aromatic carbocycles. The van der Waals surface area contributed by atoms with Crippen molar-refractivity contribution >= 4 is 27.1 Å². The van der Waals surface area contributed by atoms with Crippen LogP contribution in [0.3, 0.4) is 0 Å². The van der Waals surface area contributed by atoms with Gasteiger partial charge in [-0.3, -0.25) is 4.79 Å². The molecular formula is C16H16F2N2O4S. The molecule has 0 aromatic heterocycles. The molecule has 0 fully saturated rings. The van der Waals surface area contributed by atoms with Gasteiger partial charge >= 0.3 is 6.61 Å². The zero-order chi connectivity index (χ0) is 18.4. The summed E-state index contributed by atoms with van der Waals surface area (Å²) in [6.45, 7) is -3.15. The van der Waals surface area contributed by atoms with Gasteiger partial charge in [-0.05, 0) is 36.4 Å². The van der Waals surface area contributed by atoms with E-state index in [1.807, 2.05) is 0 Å². The van der Waals surface area contributed by atoms with Gasteiger partial charge in [0.2, 0.25) is 5.91 Å². The Hall–Kier alpha value is -2.68. The highest BCUT2D eigenvalue weighted by atomic mass is 32.2. The number of hydrogen-bond donors (Lipinski definition) is 2. The van der Waals surface area contributed by atoms with Crippen LogP contribution in [-0.4, -0.2) is 33.7 Å². The van der Waals surface area contributed by atoms with Gasteiger partial charge in [0.1, 0.15) is 5.75 Å². The van der Waals surface area contributed by atoms with Crippen molar-refractivity contribution in [3.8, 4) is 5.75 Å². The molecule has 0 spiro atoms. The first-order valence-corrected chi connectivity index (χ1v) is 9.02. The van der Waals surface area contributed by atoms with Crippen LogP contribution in [0.1, 0.15) is 0 Å². The van der Waals surface area contributed by atoms with E-state index in [4.69, 9.17) is 0 Å². The summed E-state index contributed by atoms with van der Waals surface area (Å²) in [5, 5.41) is 5.27. The number of alkyl halides is 2. The van der Waals surface area contributed by atoms with Crippen LogP contribution in [0.4, 0.5) is 20.2 Å². The Morgan fingerprint density at radius 2 is 1.76 bits per heavy atom. The van der Waals surface area contributed by atoms with E-state index >= 15 is 0 Å². The minimum Gasteiger partial charge on any atom is -0.433 e. The number of rotatable bonds is 7. The normalized spacial score (nSPS) is 11.2. The molecule has 0 saturated carbocycles. The lowest BCUT2D eigenvalue weighted by Gasteiger charge is -2.12. The lowest BCUT2D eigenvalue weighted by Crippen LogP contribution is -2.22. The number of benzene rings is 2. The number of para-hydroxylation sites is 2. The highest BCUT2D eigenvalue weighted by molar-refractivity contribution is 7.90. The number of amides is 1. The number of carbonyl (C=O) groups is 1. The smallest absolute Gasteiger partial charge is 0.387 e. The summed E-state index contributed by atoms with van der Waals surface area (Å²) in [6.07, 6.45) is 1.09. The predicted octanol–water partition coefficient (Wildman–Crippen LogP) is 2.74. The monoisotopic (exact) mass is 370 g/mol. The summed E-state index contributed by atoms with van der Waals surface area (Å²) >= 11 is 0. The Kier molecular flexibility index (Phi) is 5.92. The fourth-order valence-corrected chi connectivity index (χ4v) is 2.61. The van der Waals surface area contributed by atoms with Crippen molar-refractivity contribution in [3.05, 3.63) is 48.5 Å². The summed E-state index contributed by atoms with van der Waals surface area (Å²) in [6, 6.07) is 11.7. The Morgan fingerprint density at radius 1 is 1.12 bits per heavy atom. The first-order chi connectivity index (χ1) is 11.8. The van der Waals surface area contributed by atoms with Crippen LogP contribution in [0, 0.1) is 0 Å². The first-order valence-electron chi connectivity index (χ1n) is 7.13. The second-order valence-electron chi connectivity index (χ2n) is 5.07. The SMILES string of the molecule is CS(=O)(=O)c1ccc(NC(=O)CNc2ccccc2OC(F)F)cc1. The van der Waals surface area contributed by atoms with Gasteiger partial charge in [-0.15, -0.1) is 0 Å². The van der Waals surface area contributed by atoms with E-state index in [1.165, 1.54) is 42.5 Å². The van der Waals surface area contributed by atoms with E-state index in [0.717, 1.165) is 6.26 Å². The minimum absolute atomic E-state index is 0.0668. The predicted molar refractivity (Wildman–Crippen MR) is 89.7 cm³/mol. The van der Waals surface area contributed by atoms with Crippen molar-refractivity contribution in [2.75, 3.05) is 23.4 Å². The van der Waals surface area contributed by atoms with Gasteiger partial charge in [-0.2, -0.15) is 8.78 Å². The minimum atomic E-state index is -3.31. The molecule has 1 amide bonds. The number of carbonyl (C=O) groups excluding carboxylic acids is 1. The Labute approximate surface area is 143 Å². The average Bonchev–Trinajstić information content (AvgIpc) is 2.53. The van der Waals surface area contributed by atoms with Crippen molar-refractivity contribution < 1.29 is 26.7 Å². The van der Waals surface area contributed by atoms with Crippen molar-refractivity contribution in [1.82, 2.24) is 0 Å². The van der Waals surface area contributed by atoms with Crippen LogP contribution >= 0.6 is 0 Å². The highest BCUT2D eigenvalue weighted by Crippen LogP contribution is 2.25. The molecule has 25 heavy (non-hydrogen) atoms. The summed E-state index contributed by atoms with van der Waals surface area (Å²) in [7, 11) is -3.31. The van der Waals surface area contributed by atoms with Gasteiger partial charge in [0.05, 0.1) is 17.1 Å². The highest BCUT2D eigenvalue weighted by Gasteiger charge is 2.11. The quantitative estimate of drug-likeness (QED) is 0.783. The first kappa shape index (κ1) is 18.7. The van der Waals surface area contributed by atoms with Gasteiger partial charge < -0.3 is 15.4 Å². The Morgan fingerprint density at radius 3 is 2.36 bits per heavy atom. The van der Waals surface area contributed by atoms with Gasteiger partial charge in [-0.25, -0.2) is 8.42 Å². The molecule has 0 radical (unpaired) electrons. The molecule has 0 aliphatic carbocycles. The van der Waals surface area contributed by atoms with Crippen LogP contribution in [-0.2, 0) is 14.6 Å². The Balaban J connectivity index is 1.95. The molecule has 0 aliphatic rings. The van der Waals surface area contributed by atoms with E-state index in [2.05, 4.69) is 15.4 Å². The van der Waals surface area contributed by atoms with E-state index < -0.39 is 22.4 Å². The number of hydrogen-bond acceptors (Lipinski definition) is 5. The molecule has 2 rings (SSSR count). The fraction of sp³-hybridized carbons (Fsp3) is 0.188. The fourth-order valence-electron chi connectivity index (χ4n) is 1.98. The van der Waals surface area contributed by atoms with E-state index in [9.17, 15) is 22.0 Å². The molecule has 0 bridgehead atoms. The van der Waals surface area contributed by atoms with Gasteiger partial charge in [0.15, 0.2) is 9.84 Å². The van der Waals surface area contributed by atoms with Crippen LogP contribution in [0.25, 0.3) is 0 Å². The van der Waals surface area contributed by atoms with E-state index in [-0.39, 0.29) is 22.9 Å². The molecule has 0 unspecified atom stereocenters. The molecule has 0 aliphatic heterocycles. The largest absolute Gasteiger partial charge is 0.433 e. The molecule has 0 heterocycles. The molecule has 134 valence electrons. The van der Waals surface area contributed by atoms with Gasteiger partial charge in [0, 0.05) is 11.9 Å². The second-order valence-corrected chi connectivity index (χ2v) is 7.09. The van der Waals surface area contributed by atoms with Crippen LogP contribution in [0.15, 0.2) is 53.4 Å². The molecule has 9 heteroatoms. The molecule has 2 aromatic rings. The number of anilines is 2. The maximum Gasteiger partial charge on any atom is 0.387 e.